The average Bonchev–Trinajstić information content (AvgIpc) is 3.32. The summed E-state index contributed by atoms with van der Waals surface area (Å²) >= 11 is 7.35. The van der Waals surface area contributed by atoms with Crippen LogP contribution < -0.4 is 5.32 Å². The van der Waals surface area contributed by atoms with Crippen LogP contribution in [0.1, 0.15) is 16.6 Å². The van der Waals surface area contributed by atoms with Gasteiger partial charge in [-0.2, -0.15) is 18.3 Å². The number of thiophene rings is 1. The van der Waals surface area contributed by atoms with Crippen molar-refractivity contribution in [2.75, 3.05) is 38.1 Å². The number of hydrogen-bond acceptors (Lipinski definition) is 6. The molecule has 164 valence electrons. The molecule has 12 heteroatoms. The molecule has 0 aromatic carbocycles. The number of rotatable bonds is 7. The van der Waals surface area contributed by atoms with E-state index in [0.29, 0.717) is 22.4 Å². The Labute approximate surface area is 180 Å². The van der Waals surface area contributed by atoms with Gasteiger partial charge in [0.1, 0.15) is 12.4 Å². The lowest BCUT2D eigenvalue weighted by Gasteiger charge is -2.40. The van der Waals surface area contributed by atoms with E-state index < -0.39 is 24.9 Å². The summed E-state index contributed by atoms with van der Waals surface area (Å²) in [4.78, 5) is 16.1. The van der Waals surface area contributed by atoms with Crippen LogP contribution in [0, 0.1) is 0 Å². The maximum absolute atomic E-state index is 12.9. The molecule has 30 heavy (non-hydrogen) atoms. The number of alkyl halides is 3. The Hall–Kier alpha value is -2.24. The smallest absolute Gasteiger partial charge is 0.410 e. The molecule has 2 aromatic heterocycles. The third kappa shape index (κ3) is 6.13. The lowest BCUT2D eigenvalue weighted by atomic mass is 10.1. The van der Waals surface area contributed by atoms with Gasteiger partial charge in [0.15, 0.2) is 0 Å². The number of piperazine rings is 1. The van der Waals surface area contributed by atoms with Crippen molar-refractivity contribution in [1.82, 2.24) is 20.0 Å². The molecule has 0 bridgehead atoms. The van der Waals surface area contributed by atoms with E-state index in [9.17, 15) is 18.0 Å². The van der Waals surface area contributed by atoms with Crippen LogP contribution in [0.2, 0.25) is 4.34 Å². The van der Waals surface area contributed by atoms with Gasteiger partial charge in [-0.15, -0.1) is 11.3 Å². The molecule has 2 N–H and O–H groups in total. The summed E-state index contributed by atoms with van der Waals surface area (Å²) in [7, 11) is 0. The van der Waals surface area contributed by atoms with Gasteiger partial charge in [-0.05, 0) is 12.1 Å². The van der Waals surface area contributed by atoms with E-state index in [4.69, 9.17) is 16.3 Å². The van der Waals surface area contributed by atoms with Gasteiger partial charge < -0.3 is 10.1 Å². The Bertz CT molecular complexity index is 872. The second-order valence-corrected chi connectivity index (χ2v) is 8.49. The summed E-state index contributed by atoms with van der Waals surface area (Å²) < 4.78 is 44.4. The van der Waals surface area contributed by atoms with Gasteiger partial charge in [-0.3, -0.25) is 14.9 Å². The minimum atomic E-state index is -4.32. The van der Waals surface area contributed by atoms with E-state index >= 15 is 0 Å². The molecular weight excluding hydrogens is 443 g/mol. The Kier molecular flexibility index (Phi) is 7.27. The van der Waals surface area contributed by atoms with Crippen LogP contribution in [0.3, 0.4) is 0 Å². The zero-order valence-electron chi connectivity index (χ0n) is 15.9. The second-order valence-electron chi connectivity index (χ2n) is 6.69. The van der Waals surface area contributed by atoms with Gasteiger partial charge in [-0.1, -0.05) is 24.3 Å². The van der Waals surface area contributed by atoms with Crippen molar-refractivity contribution in [3.8, 4) is 0 Å². The summed E-state index contributed by atoms with van der Waals surface area (Å²) in [6.07, 6.45) is -3.50. The van der Waals surface area contributed by atoms with E-state index in [2.05, 4.69) is 22.1 Å². The van der Waals surface area contributed by atoms with E-state index in [0.717, 1.165) is 4.88 Å². The number of H-pyrrole nitrogens is 1. The number of aromatic nitrogens is 2. The molecule has 3 heterocycles. The number of carbonyl (C=O) groups excluding carboxylic acids is 1. The average molecular weight is 464 g/mol. The van der Waals surface area contributed by atoms with Gasteiger partial charge in [0.25, 0.3) is 0 Å². The van der Waals surface area contributed by atoms with E-state index in [1.165, 1.54) is 27.2 Å². The number of halogens is 4. The predicted molar refractivity (Wildman–Crippen MR) is 109 cm³/mol. The van der Waals surface area contributed by atoms with Crippen molar-refractivity contribution in [3.63, 3.8) is 0 Å². The molecule has 2 aromatic rings. The minimum absolute atomic E-state index is 0.00483. The van der Waals surface area contributed by atoms with Crippen molar-refractivity contribution in [2.24, 2.45) is 0 Å². The molecular formula is C18H21ClF3N5O2S. The molecule has 1 aliphatic rings. The highest BCUT2D eigenvalue weighted by Crippen LogP contribution is 2.29. The highest BCUT2D eigenvalue weighted by Gasteiger charge is 2.38. The molecule has 0 saturated carbocycles. The fourth-order valence-corrected chi connectivity index (χ4v) is 4.18. The number of nitrogens with one attached hydrogen (secondary N) is 2. The SMILES string of the molecule is C=CCOC(=O)N1CCN(CC(F)(F)F)CC1c1cc(NCc2ccc(Cl)s2)n[nH]1. The van der Waals surface area contributed by atoms with Crippen LogP contribution in [0.25, 0.3) is 0 Å². The van der Waals surface area contributed by atoms with Gasteiger partial charge in [0.2, 0.25) is 0 Å². The largest absolute Gasteiger partial charge is 0.445 e. The first-order valence-electron chi connectivity index (χ1n) is 9.12. The summed E-state index contributed by atoms with van der Waals surface area (Å²) in [6, 6.07) is 4.72. The molecule has 1 amide bonds. The number of anilines is 1. The van der Waals surface area contributed by atoms with Gasteiger partial charge >= 0.3 is 12.3 Å². The molecule has 1 aliphatic heterocycles. The van der Waals surface area contributed by atoms with Crippen molar-refractivity contribution in [1.29, 1.82) is 0 Å². The van der Waals surface area contributed by atoms with Crippen LogP contribution in [-0.4, -0.2) is 65.1 Å². The maximum Gasteiger partial charge on any atom is 0.410 e. The molecule has 1 atom stereocenters. The highest BCUT2D eigenvalue weighted by molar-refractivity contribution is 7.16. The molecule has 0 radical (unpaired) electrons. The fraction of sp³-hybridized carbons (Fsp3) is 0.444. The van der Waals surface area contributed by atoms with Crippen LogP contribution in [0.5, 0.6) is 0 Å². The number of aromatic amines is 1. The van der Waals surface area contributed by atoms with Gasteiger partial charge in [0, 0.05) is 30.6 Å². The van der Waals surface area contributed by atoms with E-state index in [1.807, 2.05) is 6.07 Å². The third-order valence-corrected chi connectivity index (χ3v) is 5.69. The number of nitrogens with zero attached hydrogens (tertiary/aromatic N) is 3. The zero-order valence-corrected chi connectivity index (χ0v) is 17.5. The number of amides is 1. The van der Waals surface area contributed by atoms with Crippen molar-refractivity contribution in [2.45, 2.75) is 18.8 Å². The molecule has 1 fully saturated rings. The molecule has 1 saturated heterocycles. The molecule has 0 spiro atoms. The first kappa shape index (κ1) is 22.4. The van der Waals surface area contributed by atoms with Gasteiger partial charge in [0.05, 0.1) is 29.2 Å². The van der Waals surface area contributed by atoms with Crippen molar-refractivity contribution in [3.05, 3.63) is 45.8 Å². The topological polar surface area (TPSA) is 73.5 Å². The summed E-state index contributed by atoms with van der Waals surface area (Å²) in [5.74, 6) is 0.516. The van der Waals surface area contributed by atoms with Crippen LogP contribution in [0.15, 0.2) is 30.9 Å². The summed E-state index contributed by atoms with van der Waals surface area (Å²) in [5.41, 5.74) is 0.518. The quantitative estimate of drug-likeness (QED) is 0.599. The maximum atomic E-state index is 12.9. The Morgan fingerprint density at radius 3 is 2.93 bits per heavy atom. The number of ether oxygens (including phenoxy) is 1. The zero-order chi connectivity index (χ0) is 21.7. The third-order valence-electron chi connectivity index (χ3n) is 4.46. The van der Waals surface area contributed by atoms with E-state index in [-0.39, 0.29) is 26.2 Å². The number of hydrogen-bond donors (Lipinski definition) is 2. The lowest BCUT2D eigenvalue weighted by molar-refractivity contribution is -0.151. The highest BCUT2D eigenvalue weighted by atomic mass is 35.5. The lowest BCUT2D eigenvalue weighted by Crippen LogP contribution is -2.52. The predicted octanol–water partition coefficient (Wildman–Crippen LogP) is 4.28. The van der Waals surface area contributed by atoms with Crippen LogP contribution >= 0.6 is 22.9 Å². The minimum Gasteiger partial charge on any atom is -0.445 e. The summed E-state index contributed by atoms with van der Waals surface area (Å²) in [6.45, 7) is 3.17. The molecule has 0 aliphatic carbocycles. The second kappa shape index (κ2) is 9.71. The summed E-state index contributed by atoms with van der Waals surface area (Å²) in [5, 5.41) is 10.1. The van der Waals surface area contributed by atoms with Crippen LogP contribution in [0.4, 0.5) is 23.8 Å². The van der Waals surface area contributed by atoms with E-state index in [1.54, 1.807) is 12.1 Å². The fourth-order valence-electron chi connectivity index (χ4n) is 3.16. The standard InChI is InChI=1S/C18H21ClF3N5O2S/c1-2-7-29-17(28)27-6-5-26(11-18(20,21)22)10-14(27)13-8-16(25-24-13)23-9-12-3-4-15(19)30-12/h2-4,8,14H,1,5-7,9-11H2,(H2,23,24,25). The molecule has 3 rings (SSSR count). The molecule has 7 nitrogen and oxygen atoms in total. The Morgan fingerprint density at radius 2 is 2.27 bits per heavy atom. The normalized spacial score (nSPS) is 17.7. The number of carbonyl (C=O) groups is 1. The molecule has 1 unspecified atom stereocenters. The Balaban J connectivity index is 1.72. The first-order valence-corrected chi connectivity index (χ1v) is 10.3. The van der Waals surface area contributed by atoms with Crippen molar-refractivity contribution >= 4 is 34.8 Å². The van der Waals surface area contributed by atoms with Crippen LogP contribution in [-0.2, 0) is 11.3 Å². The Morgan fingerprint density at radius 1 is 1.47 bits per heavy atom. The van der Waals surface area contributed by atoms with Gasteiger partial charge in [-0.25, -0.2) is 4.79 Å². The monoisotopic (exact) mass is 463 g/mol. The first-order chi connectivity index (χ1) is 14.2. The van der Waals surface area contributed by atoms with Crippen molar-refractivity contribution < 1.29 is 22.7 Å².